The number of benzene rings is 7. The Labute approximate surface area is 349 Å². The molecule has 0 N–H and O–H groups in total. The van der Waals surface area contributed by atoms with Gasteiger partial charge in [0.15, 0.2) is 0 Å². The Balaban J connectivity index is 0.000000178. The summed E-state index contributed by atoms with van der Waals surface area (Å²) in [7, 11) is 0. The maximum Gasteiger partial charge on any atom is 0.0633 e. The van der Waals surface area contributed by atoms with Crippen molar-refractivity contribution in [1.29, 1.82) is 0 Å². The van der Waals surface area contributed by atoms with Gasteiger partial charge in [-0.15, -0.1) is 0 Å². The predicted molar refractivity (Wildman–Crippen MR) is 257 cm³/mol. The van der Waals surface area contributed by atoms with E-state index in [1.807, 2.05) is 80.6 Å². The van der Waals surface area contributed by atoms with E-state index in [-0.39, 0.29) is 0 Å². The SMILES string of the molecule is C/C=C\c1cc(C)c(-c2ccccc2C)cc1C.C=C(C)c1ccc(-c2ccc(C)cc2)cc1.C=C(N=C(C)c1ccccc1)c1ccccc1.Cc1ccccc1. The van der Waals surface area contributed by atoms with Crippen LogP contribution in [0.4, 0.5) is 0 Å². The van der Waals surface area contributed by atoms with Crippen molar-refractivity contribution in [3.8, 4) is 22.3 Å². The third-order valence-electron chi connectivity index (χ3n) is 9.70. The summed E-state index contributed by atoms with van der Waals surface area (Å²) in [6.45, 7) is 24.8. The van der Waals surface area contributed by atoms with Crippen molar-refractivity contribution < 1.29 is 0 Å². The molecule has 0 amide bonds. The van der Waals surface area contributed by atoms with Crippen LogP contribution in [-0.4, -0.2) is 5.71 Å². The summed E-state index contributed by atoms with van der Waals surface area (Å²) >= 11 is 0. The molecule has 0 fully saturated rings. The monoisotopic (exact) mass is 757 g/mol. The van der Waals surface area contributed by atoms with Gasteiger partial charge in [0.1, 0.15) is 0 Å². The standard InChI is InChI=1S/C18H20.C16H15N.C16H16.C7H8/c1-5-8-16-11-15(4)18(12-14(16)3)17-10-7-6-9-13(17)2;1-13(15-9-5-3-6-10-15)17-14(2)16-11-7-4-8-12-16;1-12(2)14-8-10-16(11-9-14)15-6-4-13(3)5-7-15;1-7-5-3-2-4-6-7/h5-12H,1-4H3;3-12H,1H2,2H3;4-11H,1H2,2-3H3;2-6H,1H3/b8-5-;;;. The summed E-state index contributed by atoms with van der Waals surface area (Å²) in [6.07, 6.45) is 4.26. The average Bonchev–Trinajstić information content (AvgIpc) is 3.24. The van der Waals surface area contributed by atoms with Crippen molar-refractivity contribution in [2.24, 2.45) is 4.99 Å². The normalized spacial score (nSPS) is 10.6. The molecule has 0 radical (unpaired) electrons. The quantitative estimate of drug-likeness (QED) is 0.144. The zero-order valence-corrected chi connectivity index (χ0v) is 35.8. The Hall–Kier alpha value is -6.57. The molecule has 58 heavy (non-hydrogen) atoms. The summed E-state index contributed by atoms with van der Waals surface area (Å²) < 4.78 is 0. The number of aryl methyl sites for hydroxylation is 5. The zero-order chi connectivity index (χ0) is 41.9. The second-order valence-corrected chi connectivity index (χ2v) is 14.6. The van der Waals surface area contributed by atoms with Crippen LogP contribution in [0.1, 0.15) is 70.8 Å². The van der Waals surface area contributed by atoms with E-state index in [1.165, 1.54) is 61.2 Å². The van der Waals surface area contributed by atoms with E-state index in [0.29, 0.717) is 0 Å². The molecule has 7 aromatic carbocycles. The van der Waals surface area contributed by atoms with Crippen molar-refractivity contribution in [3.63, 3.8) is 0 Å². The van der Waals surface area contributed by atoms with Crippen LogP contribution >= 0.6 is 0 Å². The third-order valence-corrected chi connectivity index (χ3v) is 9.70. The number of aliphatic imine (C=N–C) groups is 1. The van der Waals surface area contributed by atoms with Gasteiger partial charge < -0.3 is 0 Å². The van der Waals surface area contributed by atoms with Gasteiger partial charge in [-0.3, -0.25) is 4.99 Å². The molecule has 0 aromatic heterocycles. The van der Waals surface area contributed by atoms with Crippen LogP contribution in [0.2, 0.25) is 0 Å². The van der Waals surface area contributed by atoms with E-state index in [1.54, 1.807) is 0 Å². The lowest BCUT2D eigenvalue weighted by molar-refractivity contribution is 1.35. The molecule has 292 valence electrons. The van der Waals surface area contributed by atoms with Gasteiger partial charge in [-0.25, -0.2) is 0 Å². The Kier molecular flexibility index (Phi) is 17.4. The Morgan fingerprint density at radius 2 is 0.931 bits per heavy atom. The van der Waals surface area contributed by atoms with Gasteiger partial charge >= 0.3 is 0 Å². The molecule has 7 rings (SSSR count). The third kappa shape index (κ3) is 13.9. The van der Waals surface area contributed by atoms with Gasteiger partial charge in [0.2, 0.25) is 0 Å². The number of rotatable bonds is 7. The lowest BCUT2D eigenvalue weighted by Gasteiger charge is -2.12. The van der Waals surface area contributed by atoms with E-state index in [0.717, 1.165) is 28.1 Å². The Morgan fingerprint density at radius 3 is 1.43 bits per heavy atom. The lowest BCUT2D eigenvalue weighted by atomic mass is 9.92. The molecule has 0 aliphatic carbocycles. The van der Waals surface area contributed by atoms with Crippen LogP contribution in [0, 0.1) is 34.6 Å². The fraction of sp³-hybridized carbons (Fsp3) is 0.140. The van der Waals surface area contributed by atoms with E-state index < -0.39 is 0 Å². The first kappa shape index (κ1) is 44.1. The first-order chi connectivity index (χ1) is 28.0. The summed E-state index contributed by atoms with van der Waals surface area (Å²) in [5, 5.41) is 0. The van der Waals surface area contributed by atoms with Crippen molar-refractivity contribution in [2.45, 2.75) is 55.4 Å². The van der Waals surface area contributed by atoms with Gasteiger partial charge in [-0.2, -0.15) is 0 Å². The number of nitrogens with zero attached hydrogens (tertiary/aromatic N) is 1. The highest BCUT2D eigenvalue weighted by Crippen LogP contribution is 2.29. The van der Waals surface area contributed by atoms with E-state index in [9.17, 15) is 0 Å². The molecule has 0 heterocycles. The first-order valence-corrected chi connectivity index (χ1v) is 20.0. The summed E-state index contributed by atoms with van der Waals surface area (Å²) in [5.74, 6) is 0. The van der Waals surface area contributed by atoms with Crippen molar-refractivity contribution >= 4 is 23.1 Å². The fourth-order valence-corrected chi connectivity index (χ4v) is 6.23. The van der Waals surface area contributed by atoms with Crippen LogP contribution in [-0.2, 0) is 0 Å². The van der Waals surface area contributed by atoms with Gasteiger partial charge in [0, 0.05) is 5.71 Å². The highest BCUT2D eigenvalue weighted by atomic mass is 14.7. The van der Waals surface area contributed by atoms with Gasteiger partial charge in [0.25, 0.3) is 0 Å². The largest absolute Gasteiger partial charge is 0.253 e. The molecule has 1 heteroatoms. The minimum absolute atomic E-state index is 0.798. The van der Waals surface area contributed by atoms with Crippen molar-refractivity contribution in [3.05, 3.63) is 245 Å². The molecule has 0 atom stereocenters. The van der Waals surface area contributed by atoms with Crippen LogP contribution in [0.25, 0.3) is 39.6 Å². The van der Waals surface area contributed by atoms with E-state index in [2.05, 4.69) is 181 Å². The topological polar surface area (TPSA) is 12.4 Å². The van der Waals surface area contributed by atoms with Crippen molar-refractivity contribution in [1.82, 2.24) is 0 Å². The van der Waals surface area contributed by atoms with E-state index in [4.69, 9.17) is 0 Å². The van der Waals surface area contributed by atoms with E-state index >= 15 is 0 Å². The highest BCUT2D eigenvalue weighted by molar-refractivity contribution is 6.01. The molecule has 0 aliphatic heterocycles. The van der Waals surface area contributed by atoms with Gasteiger partial charge in [0.05, 0.1) is 5.70 Å². The van der Waals surface area contributed by atoms with Crippen LogP contribution in [0.5, 0.6) is 0 Å². The number of hydrogen-bond acceptors (Lipinski definition) is 1. The smallest absolute Gasteiger partial charge is 0.0633 e. The minimum atomic E-state index is 0.798. The molecule has 0 bridgehead atoms. The summed E-state index contributed by atoms with van der Waals surface area (Å²) in [4.78, 5) is 4.54. The number of hydrogen-bond donors (Lipinski definition) is 0. The summed E-state index contributed by atoms with van der Waals surface area (Å²) in [6, 6.07) is 60.7. The zero-order valence-electron chi connectivity index (χ0n) is 35.8. The Bertz CT molecular complexity index is 2400. The molecular formula is C57H59N. The van der Waals surface area contributed by atoms with Crippen LogP contribution in [0.15, 0.2) is 200 Å². The molecule has 1 nitrogen and oxygen atoms in total. The van der Waals surface area contributed by atoms with Gasteiger partial charge in [-0.1, -0.05) is 218 Å². The maximum absolute atomic E-state index is 4.54. The molecule has 0 unspecified atom stereocenters. The number of allylic oxidation sites excluding steroid dienone is 2. The molecular weight excluding hydrogens is 699 g/mol. The van der Waals surface area contributed by atoms with Gasteiger partial charge in [-0.05, 0) is 117 Å². The second-order valence-electron chi connectivity index (χ2n) is 14.6. The van der Waals surface area contributed by atoms with Crippen LogP contribution in [0.3, 0.4) is 0 Å². The fourth-order valence-electron chi connectivity index (χ4n) is 6.23. The molecule has 0 saturated carbocycles. The van der Waals surface area contributed by atoms with Crippen molar-refractivity contribution in [2.75, 3.05) is 0 Å². The minimum Gasteiger partial charge on any atom is -0.253 e. The molecule has 0 saturated heterocycles. The van der Waals surface area contributed by atoms with Crippen LogP contribution < -0.4 is 0 Å². The Morgan fingerprint density at radius 1 is 0.448 bits per heavy atom. The first-order valence-electron chi connectivity index (χ1n) is 20.0. The lowest BCUT2D eigenvalue weighted by Crippen LogP contribution is -1.94. The highest BCUT2D eigenvalue weighted by Gasteiger charge is 2.07. The molecule has 0 spiro atoms. The molecule has 0 aliphatic rings. The predicted octanol–water partition coefficient (Wildman–Crippen LogP) is 16.2. The average molecular weight is 758 g/mol. The second kappa shape index (κ2) is 22.9. The maximum atomic E-state index is 4.54. The summed E-state index contributed by atoms with van der Waals surface area (Å²) in [5.41, 5.74) is 19.4. The molecule has 7 aromatic rings.